The Morgan fingerprint density at radius 1 is 0.500 bits per heavy atom. The van der Waals surface area contributed by atoms with Crippen LogP contribution in [-0.2, 0) is 31.1 Å². The molecule has 0 rings (SSSR count). The molecule has 0 aliphatic heterocycles. The summed E-state index contributed by atoms with van der Waals surface area (Å²) < 4.78 is 58.7. The van der Waals surface area contributed by atoms with Gasteiger partial charge in [-0.3, -0.25) is 0 Å². The Hall–Kier alpha value is 0.645. The third-order valence-corrected chi connectivity index (χ3v) is 0. The molecule has 8 heteroatoms. The van der Waals surface area contributed by atoms with Gasteiger partial charge in [-0.1, -0.05) is 0 Å². The van der Waals surface area contributed by atoms with Crippen LogP contribution < -0.4 is 0 Å². The molecule has 0 saturated heterocycles. The minimum atomic E-state index is -4.54. The van der Waals surface area contributed by atoms with E-state index in [0.29, 0.717) is 0 Å². The Labute approximate surface area is 52.7 Å². The average Bonchev–Trinajstić information content (AvgIpc) is 1.25. The molecule has 0 nitrogen and oxygen atoms in total. The average molecular weight is 218 g/mol. The van der Waals surface area contributed by atoms with Crippen LogP contribution in [0.5, 0.6) is 0 Å². The molecule has 0 unspecified atom stereocenters. The van der Waals surface area contributed by atoms with Gasteiger partial charge in [0.15, 0.2) is 0 Å². The van der Waals surface area contributed by atoms with Gasteiger partial charge in [-0.05, 0) is 0 Å². The Morgan fingerprint density at radius 3 is 0.500 bits per heavy atom. The second-order valence-corrected chi connectivity index (χ2v) is 1.44. The van der Waals surface area contributed by atoms with Gasteiger partial charge in [0, 0.05) is 0 Å². The molecule has 8 heavy (non-hydrogen) atoms. The van der Waals surface area contributed by atoms with E-state index < -0.39 is 31.1 Å². The van der Waals surface area contributed by atoms with Gasteiger partial charge in [0.25, 0.3) is 0 Å². The van der Waals surface area contributed by atoms with Crippen LogP contribution in [0.1, 0.15) is 0 Å². The molecular weight excluding hydrogens is 218 g/mol. The van der Waals surface area contributed by atoms with Crippen LogP contribution >= 0.6 is 0 Å². The molecule has 0 aromatic heterocycles. The standard InChI is InChI=1S/2Cr.6FH/h;;6*1H/q2*+3;;;;;;/p-6. The zero-order chi connectivity index (χ0) is 7.15. The monoisotopic (exact) mass is 218 g/mol. The summed E-state index contributed by atoms with van der Waals surface area (Å²) in [5, 5.41) is 0. The molecule has 0 heterocycles. The molecule has 0 aromatic carbocycles. The summed E-state index contributed by atoms with van der Waals surface area (Å²) in [4.78, 5) is 0. The molecule has 54 valence electrons. The SMILES string of the molecule is [F][Cr]([F])[F].[F][Cr]([F])[F]. The quantitative estimate of drug-likeness (QED) is 0.548. The molecule has 0 aliphatic carbocycles. The van der Waals surface area contributed by atoms with Crippen LogP contribution in [0.3, 0.4) is 0 Å². The first-order valence-electron chi connectivity index (χ1n) is 0.926. The van der Waals surface area contributed by atoms with E-state index in [4.69, 9.17) is 0 Å². The van der Waals surface area contributed by atoms with Crippen LogP contribution in [0, 0.1) is 0 Å². The molecule has 0 fully saturated rings. The van der Waals surface area contributed by atoms with E-state index in [1.807, 2.05) is 0 Å². The van der Waals surface area contributed by atoms with Crippen LogP contribution in [0.2, 0.25) is 0 Å². The predicted octanol–water partition coefficient (Wildman–Crippen LogP) is 2.52. The molecule has 0 saturated carbocycles. The first-order valence-corrected chi connectivity index (χ1v) is 3.82. The molecule has 0 radical (unpaired) electrons. The summed E-state index contributed by atoms with van der Waals surface area (Å²) in [5.41, 5.74) is 0. The van der Waals surface area contributed by atoms with Crippen molar-refractivity contribution in [3.8, 4) is 0 Å². The first-order chi connectivity index (χ1) is 3.46. The van der Waals surface area contributed by atoms with Crippen molar-refractivity contribution in [1.29, 1.82) is 0 Å². The number of rotatable bonds is 0. The van der Waals surface area contributed by atoms with E-state index >= 15 is 0 Å². The van der Waals surface area contributed by atoms with Gasteiger partial charge in [-0.15, -0.1) is 0 Å². The van der Waals surface area contributed by atoms with E-state index in [-0.39, 0.29) is 0 Å². The zero-order valence-electron chi connectivity index (χ0n) is 3.08. The fourth-order valence-electron chi connectivity index (χ4n) is 0. The third-order valence-electron chi connectivity index (χ3n) is 0. The zero-order valence-corrected chi connectivity index (χ0v) is 5.63. The maximum atomic E-state index is 9.79. The second-order valence-electron chi connectivity index (χ2n) is 0.350. The summed E-state index contributed by atoms with van der Waals surface area (Å²) in [7, 11) is 0. The predicted molar refractivity (Wildman–Crippen MR) is 6.65 cm³/mol. The Morgan fingerprint density at radius 2 is 0.500 bits per heavy atom. The van der Waals surface area contributed by atoms with E-state index in [0.717, 1.165) is 0 Å². The second kappa shape index (κ2) is 7.64. The van der Waals surface area contributed by atoms with Gasteiger partial charge in [0.05, 0.1) is 0 Å². The van der Waals surface area contributed by atoms with E-state index in [9.17, 15) is 21.1 Å². The van der Waals surface area contributed by atoms with Gasteiger partial charge in [-0.25, -0.2) is 0 Å². The van der Waals surface area contributed by atoms with Crippen molar-refractivity contribution in [1.82, 2.24) is 0 Å². The fraction of sp³-hybridized carbons (Fsp3) is 0. The van der Waals surface area contributed by atoms with Gasteiger partial charge in [0.1, 0.15) is 0 Å². The van der Waals surface area contributed by atoms with Crippen molar-refractivity contribution in [2.75, 3.05) is 0 Å². The first kappa shape index (κ1) is 11.4. The Bertz CT molecular complexity index is 22.0. The topological polar surface area (TPSA) is 0 Å². The molecule has 0 amide bonds. The summed E-state index contributed by atoms with van der Waals surface area (Å²) in [5.74, 6) is 0. The van der Waals surface area contributed by atoms with Gasteiger partial charge < -0.3 is 0 Å². The Kier molecular flexibility index (Phi) is 10.9. The van der Waals surface area contributed by atoms with Crippen molar-refractivity contribution in [2.24, 2.45) is 0 Å². The van der Waals surface area contributed by atoms with Crippen molar-refractivity contribution in [2.45, 2.75) is 0 Å². The molecule has 0 spiro atoms. The number of halogens is 6. The normalized spacial score (nSPS) is 9.00. The molecule has 0 atom stereocenters. The van der Waals surface area contributed by atoms with Crippen molar-refractivity contribution < 1.29 is 52.2 Å². The third kappa shape index (κ3) is 509. The molecule has 0 aromatic rings. The van der Waals surface area contributed by atoms with Crippen LogP contribution in [0.4, 0.5) is 21.1 Å². The minimum absolute atomic E-state index is 4.54. The molecule has 0 N–H and O–H groups in total. The van der Waals surface area contributed by atoms with E-state index in [2.05, 4.69) is 0 Å². The van der Waals surface area contributed by atoms with Crippen molar-refractivity contribution >= 4 is 0 Å². The number of hydrogen-bond donors (Lipinski definition) is 0. The Balaban J connectivity index is 0. The molecular formula is Cr2F6. The maximum absolute atomic E-state index is 9.79. The van der Waals surface area contributed by atoms with Gasteiger partial charge in [0.2, 0.25) is 0 Å². The summed E-state index contributed by atoms with van der Waals surface area (Å²) in [6, 6.07) is 0. The van der Waals surface area contributed by atoms with Crippen LogP contribution in [0.25, 0.3) is 0 Å². The summed E-state index contributed by atoms with van der Waals surface area (Å²) in [6.07, 6.45) is 0. The van der Waals surface area contributed by atoms with E-state index in [1.54, 1.807) is 0 Å². The number of hydrogen-bond acceptors (Lipinski definition) is 0. The summed E-state index contributed by atoms with van der Waals surface area (Å²) in [6.45, 7) is 0. The van der Waals surface area contributed by atoms with Crippen LogP contribution in [-0.4, -0.2) is 0 Å². The van der Waals surface area contributed by atoms with Crippen molar-refractivity contribution in [3.05, 3.63) is 0 Å². The van der Waals surface area contributed by atoms with E-state index in [1.165, 1.54) is 0 Å². The summed E-state index contributed by atoms with van der Waals surface area (Å²) >= 11 is -9.08. The molecule has 0 aliphatic rings. The van der Waals surface area contributed by atoms with Crippen LogP contribution in [0.15, 0.2) is 0 Å². The molecule has 0 bridgehead atoms. The van der Waals surface area contributed by atoms with Crippen molar-refractivity contribution in [3.63, 3.8) is 0 Å². The van der Waals surface area contributed by atoms with Gasteiger partial charge >= 0.3 is 52.2 Å². The fourth-order valence-corrected chi connectivity index (χ4v) is 0. The van der Waals surface area contributed by atoms with Gasteiger partial charge in [-0.2, -0.15) is 0 Å².